The van der Waals surface area contributed by atoms with Crippen LogP contribution in [0.2, 0.25) is 0 Å². The average Bonchev–Trinajstić information content (AvgIpc) is 2.94. The number of ether oxygens (including phenoxy) is 1. The van der Waals surface area contributed by atoms with Crippen molar-refractivity contribution in [1.82, 2.24) is 10.0 Å². The minimum absolute atomic E-state index is 0.200. The van der Waals surface area contributed by atoms with Gasteiger partial charge in [0.15, 0.2) is 0 Å². The Balaban J connectivity index is 1.94. The van der Waals surface area contributed by atoms with Crippen LogP contribution in [0.25, 0.3) is 0 Å². The van der Waals surface area contributed by atoms with Gasteiger partial charge in [0, 0.05) is 18.7 Å². The van der Waals surface area contributed by atoms with Gasteiger partial charge in [-0.2, -0.15) is 0 Å². The van der Waals surface area contributed by atoms with Gasteiger partial charge >= 0.3 is 6.09 Å². The molecule has 1 aromatic carbocycles. The molecule has 1 aromatic rings. The summed E-state index contributed by atoms with van der Waals surface area (Å²) in [5.74, 6) is -0.237. The zero-order valence-electron chi connectivity index (χ0n) is 11.5. The first-order valence-electron chi connectivity index (χ1n) is 6.55. The molecule has 0 aromatic heterocycles. The van der Waals surface area contributed by atoms with Crippen LogP contribution < -0.4 is 0 Å². The van der Waals surface area contributed by atoms with Gasteiger partial charge in [-0.3, -0.25) is 4.79 Å². The van der Waals surface area contributed by atoms with Gasteiger partial charge in [-0.05, 0) is 18.9 Å². The zero-order chi connectivity index (χ0) is 14.5. The van der Waals surface area contributed by atoms with E-state index in [-0.39, 0.29) is 12.5 Å². The summed E-state index contributed by atoms with van der Waals surface area (Å²) >= 11 is 0. The van der Waals surface area contributed by atoms with Crippen molar-refractivity contribution < 1.29 is 14.3 Å². The third kappa shape index (κ3) is 3.17. The molecule has 0 spiro atoms. The molecule has 5 heteroatoms. The molecule has 106 valence electrons. The predicted molar refractivity (Wildman–Crippen MR) is 74.5 cm³/mol. The van der Waals surface area contributed by atoms with Crippen LogP contribution in [0, 0.1) is 0 Å². The van der Waals surface area contributed by atoms with Gasteiger partial charge in [0.05, 0.1) is 0 Å². The second-order valence-electron chi connectivity index (χ2n) is 4.73. The molecular weight excluding hydrogens is 256 g/mol. The maximum atomic E-state index is 12.0. The van der Waals surface area contributed by atoms with Crippen molar-refractivity contribution in [2.24, 2.45) is 0 Å². The monoisotopic (exact) mass is 274 g/mol. The van der Waals surface area contributed by atoms with E-state index in [1.807, 2.05) is 30.3 Å². The Morgan fingerprint density at radius 1 is 1.20 bits per heavy atom. The second-order valence-corrected chi connectivity index (χ2v) is 4.73. The van der Waals surface area contributed by atoms with Crippen LogP contribution in [0.4, 0.5) is 4.79 Å². The number of nitrogens with zero attached hydrogens (tertiary/aromatic N) is 2. The summed E-state index contributed by atoms with van der Waals surface area (Å²) in [6.07, 6.45) is 0.250. The molecule has 0 bridgehead atoms. The summed E-state index contributed by atoms with van der Waals surface area (Å²) < 4.78 is 5.24. The number of hydrazine groups is 1. The number of carbonyl (C=O) groups excluding carboxylic acids is 2. The van der Waals surface area contributed by atoms with Crippen LogP contribution in [-0.4, -0.2) is 35.1 Å². The molecule has 0 radical (unpaired) electrons. The Labute approximate surface area is 118 Å². The highest BCUT2D eigenvalue weighted by Gasteiger charge is 2.31. The van der Waals surface area contributed by atoms with Crippen molar-refractivity contribution in [3.05, 3.63) is 48.0 Å². The fourth-order valence-corrected chi connectivity index (χ4v) is 2.03. The number of amides is 2. The Kier molecular flexibility index (Phi) is 4.40. The Bertz CT molecular complexity index is 513. The van der Waals surface area contributed by atoms with E-state index in [1.54, 1.807) is 6.92 Å². The topological polar surface area (TPSA) is 49.9 Å². The van der Waals surface area contributed by atoms with Crippen LogP contribution in [0.3, 0.4) is 0 Å². The molecule has 0 atom stereocenters. The lowest BCUT2D eigenvalue weighted by Gasteiger charge is -2.27. The minimum Gasteiger partial charge on any atom is -0.443 e. The van der Waals surface area contributed by atoms with Crippen LogP contribution in [0.1, 0.15) is 18.9 Å². The van der Waals surface area contributed by atoms with Crippen molar-refractivity contribution in [3.63, 3.8) is 0 Å². The fourth-order valence-electron chi connectivity index (χ4n) is 2.03. The lowest BCUT2D eigenvalue weighted by molar-refractivity contribution is -0.137. The summed E-state index contributed by atoms with van der Waals surface area (Å²) in [7, 11) is 0. The maximum absolute atomic E-state index is 12.0. The lowest BCUT2D eigenvalue weighted by Crippen LogP contribution is -2.45. The van der Waals surface area contributed by atoms with E-state index in [0.717, 1.165) is 12.0 Å². The first-order valence-corrected chi connectivity index (χ1v) is 6.55. The molecule has 1 heterocycles. The molecule has 1 saturated heterocycles. The molecule has 2 amide bonds. The number of hydrogen-bond donors (Lipinski definition) is 0. The number of benzene rings is 1. The molecule has 1 fully saturated rings. The van der Waals surface area contributed by atoms with Crippen LogP contribution in [0.15, 0.2) is 42.5 Å². The summed E-state index contributed by atoms with van der Waals surface area (Å²) in [5, 5.41) is 2.75. The standard InChI is InChI=1S/C15H18N2O3/c1-12(2)14(18)16-9-6-10-17(16)15(19)20-11-13-7-4-3-5-8-13/h3-5,7-8H,1,6,9-11H2,2H3. The number of rotatable bonds is 3. The Morgan fingerprint density at radius 2 is 1.85 bits per heavy atom. The SMILES string of the molecule is C=C(C)C(=O)N1CCCN1C(=O)OCc1ccccc1. The summed E-state index contributed by atoms with van der Waals surface area (Å²) in [6.45, 7) is 6.46. The average molecular weight is 274 g/mol. The maximum Gasteiger partial charge on any atom is 0.429 e. The van der Waals surface area contributed by atoms with Gasteiger partial charge in [0.1, 0.15) is 6.61 Å². The Hall–Kier alpha value is -2.30. The van der Waals surface area contributed by atoms with Crippen LogP contribution in [-0.2, 0) is 16.1 Å². The molecule has 0 aliphatic carbocycles. The van der Waals surface area contributed by atoms with Gasteiger partial charge < -0.3 is 4.74 Å². The lowest BCUT2D eigenvalue weighted by atomic mass is 10.2. The third-order valence-corrected chi connectivity index (χ3v) is 3.05. The van der Waals surface area contributed by atoms with Crippen LogP contribution in [0.5, 0.6) is 0 Å². The smallest absolute Gasteiger partial charge is 0.429 e. The van der Waals surface area contributed by atoms with E-state index in [0.29, 0.717) is 18.7 Å². The van der Waals surface area contributed by atoms with Gasteiger partial charge in [0.2, 0.25) is 0 Å². The third-order valence-electron chi connectivity index (χ3n) is 3.05. The highest BCUT2D eigenvalue weighted by molar-refractivity contribution is 5.93. The van der Waals surface area contributed by atoms with E-state index in [2.05, 4.69) is 6.58 Å². The quantitative estimate of drug-likeness (QED) is 0.795. The highest BCUT2D eigenvalue weighted by Crippen LogP contribution is 2.15. The van der Waals surface area contributed by atoms with Gasteiger partial charge in [-0.25, -0.2) is 14.8 Å². The fraction of sp³-hybridized carbons (Fsp3) is 0.333. The Morgan fingerprint density at radius 3 is 2.50 bits per heavy atom. The first kappa shape index (κ1) is 14.1. The van der Waals surface area contributed by atoms with E-state index in [4.69, 9.17) is 4.74 Å². The van der Waals surface area contributed by atoms with Crippen molar-refractivity contribution in [2.45, 2.75) is 20.0 Å². The molecule has 20 heavy (non-hydrogen) atoms. The van der Waals surface area contributed by atoms with Crippen molar-refractivity contribution >= 4 is 12.0 Å². The predicted octanol–water partition coefficient (Wildman–Crippen LogP) is 2.35. The van der Waals surface area contributed by atoms with Crippen molar-refractivity contribution in [3.8, 4) is 0 Å². The number of hydrogen-bond acceptors (Lipinski definition) is 3. The zero-order valence-corrected chi connectivity index (χ0v) is 11.5. The van der Waals surface area contributed by atoms with E-state index >= 15 is 0 Å². The molecule has 1 aliphatic rings. The van der Waals surface area contributed by atoms with Crippen molar-refractivity contribution in [1.29, 1.82) is 0 Å². The van der Waals surface area contributed by atoms with E-state index < -0.39 is 6.09 Å². The summed E-state index contributed by atoms with van der Waals surface area (Å²) in [4.78, 5) is 23.9. The first-order chi connectivity index (χ1) is 9.59. The second kappa shape index (κ2) is 6.23. The summed E-state index contributed by atoms with van der Waals surface area (Å²) in [5.41, 5.74) is 1.32. The van der Waals surface area contributed by atoms with Gasteiger partial charge in [0.25, 0.3) is 5.91 Å². The molecule has 0 N–H and O–H groups in total. The molecule has 0 unspecified atom stereocenters. The van der Waals surface area contributed by atoms with Crippen LogP contribution >= 0.6 is 0 Å². The summed E-state index contributed by atoms with van der Waals surface area (Å²) in [6, 6.07) is 9.44. The molecule has 1 aliphatic heterocycles. The van der Waals surface area contributed by atoms with E-state index in [9.17, 15) is 9.59 Å². The normalized spacial score (nSPS) is 14.2. The minimum atomic E-state index is -0.499. The largest absolute Gasteiger partial charge is 0.443 e. The van der Waals surface area contributed by atoms with Gasteiger partial charge in [-0.1, -0.05) is 36.9 Å². The van der Waals surface area contributed by atoms with Gasteiger partial charge in [-0.15, -0.1) is 0 Å². The van der Waals surface area contributed by atoms with Crippen molar-refractivity contribution in [2.75, 3.05) is 13.1 Å². The highest BCUT2D eigenvalue weighted by atomic mass is 16.6. The molecule has 2 rings (SSSR count). The molecule has 0 saturated carbocycles. The molecular formula is C15H18N2O3. The molecule has 5 nitrogen and oxygen atoms in total. The number of carbonyl (C=O) groups is 2. The van der Waals surface area contributed by atoms with E-state index in [1.165, 1.54) is 10.0 Å².